The summed E-state index contributed by atoms with van der Waals surface area (Å²) in [6, 6.07) is 4.84. The van der Waals surface area contributed by atoms with Crippen molar-refractivity contribution in [3.63, 3.8) is 0 Å². The van der Waals surface area contributed by atoms with Crippen LogP contribution >= 0.6 is 0 Å². The summed E-state index contributed by atoms with van der Waals surface area (Å²) in [4.78, 5) is 0. The highest BCUT2D eigenvalue weighted by molar-refractivity contribution is 6.91. The first-order valence-corrected chi connectivity index (χ1v) is 23.7. The summed E-state index contributed by atoms with van der Waals surface area (Å²) < 4.78 is 0. The monoisotopic (exact) mass is 414 g/mol. The molecule has 1 aromatic carbocycles. The molecule has 4 heteroatoms. The predicted molar refractivity (Wildman–Crippen MR) is 133 cm³/mol. The standard InChI is InChI=1S/C22H38Si4/c1-23(2,3)15-13-19-17-22(26(10,11)12)20(14-16-24(4,5)6)18-21(19)25(7,8)9/h17-18H,1-12H3. The molecule has 0 aliphatic carbocycles. The van der Waals surface area contributed by atoms with Crippen LogP contribution in [0.4, 0.5) is 0 Å². The summed E-state index contributed by atoms with van der Waals surface area (Å²) in [6.45, 7) is 28.5. The first-order chi connectivity index (χ1) is 11.4. The van der Waals surface area contributed by atoms with Crippen molar-refractivity contribution < 1.29 is 0 Å². The van der Waals surface area contributed by atoms with E-state index in [1.54, 1.807) is 0 Å². The van der Waals surface area contributed by atoms with Gasteiger partial charge in [0.1, 0.15) is 16.1 Å². The summed E-state index contributed by atoms with van der Waals surface area (Å²) in [5, 5.41) is 2.95. The molecule has 1 rings (SSSR count). The molecule has 0 saturated carbocycles. The summed E-state index contributed by atoms with van der Waals surface area (Å²) in [7, 11) is -5.77. The number of rotatable bonds is 2. The molecule has 0 aromatic heterocycles. The minimum absolute atomic E-state index is 1.28. The summed E-state index contributed by atoms with van der Waals surface area (Å²) in [6.07, 6.45) is 0. The Bertz CT molecular complexity index is 714. The average Bonchev–Trinajstić information content (AvgIpc) is 2.38. The van der Waals surface area contributed by atoms with Gasteiger partial charge in [-0.3, -0.25) is 0 Å². The van der Waals surface area contributed by atoms with Crippen LogP contribution in [0, 0.1) is 22.9 Å². The molecule has 0 radical (unpaired) electrons. The van der Waals surface area contributed by atoms with E-state index in [4.69, 9.17) is 0 Å². The zero-order valence-corrected chi connectivity index (χ0v) is 23.2. The van der Waals surface area contributed by atoms with Crippen LogP contribution in [0.3, 0.4) is 0 Å². The van der Waals surface area contributed by atoms with Crippen LogP contribution in [0.2, 0.25) is 78.6 Å². The van der Waals surface area contributed by atoms with Gasteiger partial charge in [0.25, 0.3) is 0 Å². The van der Waals surface area contributed by atoms with Crippen molar-refractivity contribution in [2.45, 2.75) is 78.6 Å². The maximum Gasteiger partial charge on any atom is 0.129 e. The molecule has 0 saturated heterocycles. The smallest absolute Gasteiger partial charge is 0.127 e. The van der Waals surface area contributed by atoms with Gasteiger partial charge in [-0.25, -0.2) is 0 Å². The van der Waals surface area contributed by atoms with Crippen molar-refractivity contribution in [1.29, 1.82) is 0 Å². The highest BCUT2D eigenvalue weighted by atomic mass is 28.3. The molecule has 0 heterocycles. The second kappa shape index (κ2) is 7.68. The fraction of sp³-hybridized carbons (Fsp3) is 0.545. The minimum atomic E-state index is -1.49. The Morgan fingerprint density at radius 3 is 0.962 bits per heavy atom. The average molecular weight is 415 g/mol. The van der Waals surface area contributed by atoms with Gasteiger partial charge < -0.3 is 0 Å². The van der Waals surface area contributed by atoms with E-state index in [0.717, 1.165) is 0 Å². The van der Waals surface area contributed by atoms with E-state index in [2.05, 4.69) is 114 Å². The van der Waals surface area contributed by atoms with Crippen LogP contribution in [-0.2, 0) is 0 Å². The van der Waals surface area contributed by atoms with Crippen molar-refractivity contribution in [2.24, 2.45) is 0 Å². The lowest BCUT2D eigenvalue weighted by molar-refractivity contribution is 1.60. The molecule has 0 atom stereocenters. The highest BCUT2D eigenvalue weighted by Crippen LogP contribution is 2.13. The van der Waals surface area contributed by atoms with E-state index in [0.29, 0.717) is 0 Å². The molecule has 0 amide bonds. The molecular formula is C22H38Si4. The number of hydrogen-bond acceptors (Lipinski definition) is 0. The van der Waals surface area contributed by atoms with Gasteiger partial charge >= 0.3 is 0 Å². The fourth-order valence-corrected chi connectivity index (χ4v) is 6.62. The Morgan fingerprint density at radius 1 is 0.500 bits per heavy atom. The lowest BCUT2D eigenvalue weighted by Gasteiger charge is -2.25. The van der Waals surface area contributed by atoms with E-state index in [1.807, 2.05) is 0 Å². The van der Waals surface area contributed by atoms with Crippen LogP contribution in [0.15, 0.2) is 12.1 Å². The Kier molecular flexibility index (Phi) is 6.87. The van der Waals surface area contributed by atoms with Gasteiger partial charge in [0.15, 0.2) is 0 Å². The van der Waals surface area contributed by atoms with Gasteiger partial charge in [0.2, 0.25) is 0 Å². The molecule has 142 valence electrons. The zero-order valence-electron chi connectivity index (χ0n) is 19.2. The van der Waals surface area contributed by atoms with Crippen LogP contribution in [0.25, 0.3) is 0 Å². The topological polar surface area (TPSA) is 0 Å². The second-order valence-corrected chi connectivity index (χ2v) is 31.0. The third-order valence-corrected chi connectivity index (χ3v) is 9.73. The van der Waals surface area contributed by atoms with E-state index < -0.39 is 32.3 Å². The Balaban J connectivity index is 3.82. The molecule has 0 N–H and O–H groups in total. The molecule has 0 spiro atoms. The summed E-state index contributed by atoms with van der Waals surface area (Å²) in [5.74, 6) is 7.20. The maximum absolute atomic E-state index is 3.60. The lowest BCUT2D eigenvalue weighted by atomic mass is 10.1. The molecule has 0 aliphatic heterocycles. The Labute approximate surface area is 167 Å². The molecule has 0 nitrogen and oxygen atoms in total. The van der Waals surface area contributed by atoms with Crippen molar-refractivity contribution in [3.8, 4) is 22.9 Å². The zero-order chi connectivity index (χ0) is 20.6. The largest absolute Gasteiger partial charge is 0.129 e. The van der Waals surface area contributed by atoms with Gasteiger partial charge in [-0.15, -0.1) is 11.1 Å². The van der Waals surface area contributed by atoms with Crippen molar-refractivity contribution in [2.75, 3.05) is 0 Å². The van der Waals surface area contributed by atoms with Crippen molar-refractivity contribution in [1.82, 2.24) is 0 Å². The third kappa shape index (κ3) is 7.45. The van der Waals surface area contributed by atoms with Gasteiger partial charge in [-0.1, -0.05) is 90.4 Å². The molecule has 0 aliphatic rings. The van der Waals surface area contributed by atoms with E-state index >= 15 is 0 Å². The molecule has 0 unspecified atom stereocenters. The molecule has 1 aromatic rings. The fourth-order valence-electron chi connectivity index (χ4n) is 2.56. The van der Waals surface area contributed by atoms with Crippen LogP contribution in [-0.4, -0.2) is 32.3 Å². The summed E-state index contributed by atoms with van der Waals surface area (Å²) in [5.41, 5.74) is 9.77. The Morgan fingerprint density at radius 2 is 0.769 bits per heavy atom. The maximum atomic E-state index is 3.60. The number of hydrogen-bond donors (Lipinski definition) is 0. The number of benzene rings is 1. The van der Waals surface area contributed by atoms with E-state index in [9.17, 15) is 0 Å². The SMILES string of the molecule is C[Si](C)(C)C#Cc1cc([Si](C)(C)C)c(C#C[Si](C)(C)C)cc1[Si](C)(C)C. The van der Waals surface area contributed by atoms with Crippen LogP contribution in [0.1, 0.15) is 11.1 Å². The van der Waals surface area contributed by atoms with E-state index in [1.165, 1.54) is 21.5 Å². The molecule has 26 heavy (non-hydrogen) atoms. The highest BCUT2D eigenvalue weighted by Gasteiger charge is 2.26. The van der Waals surface area contributed by atoms with Gasteiger partial charge in [-0.2, -0.15) is 0 Å². The van der Waals surface area contributed by atoms with Gasteiger partial charge in [0.05, 0.1) is 16.1 Å². The normalized spacial score (nSPS) is 12.8. The van der Waals surface area contributed by atoms with Crippen molar-refractivity contribution >= 4 is 42.7 Å². The third-order valence-electron chi connectivity index (χ3n) is 3.92. The quantitative estimate of drug-likeness (QED) is 0.459. The van der Waals surface area contributed by atoms with E-state index in [-0.39, 0.29) is 0 Å². The minimum Gasteiger partial charge on any atom is -0.127 e. The predicted octanol–water partition coefficient (Wildman–Crippen LogP) is 5.23. The Hall–Kier alpha value is -0.792. The van der Waals surface area contributed by atoms with Crippen molar-refractivity contribution in [3.05, 3.63) is 23.3 Å². The van der Waals surface area contributed by atoms with Gasteiger partial charge in [0, 0.05) is 11.1 Å². The van der Waals surface area contributed by atoms with Gasteiger partial charge in [-0.05, 0) is 22.5 Å². The van der Waals surface area contributed by atoms with Crippen LogP contribution < -0.4 is 10.4 Å². The first kappa shape index (κ1) is 23.2. The first-order valence-electron chi connectivity index (χ1n) is 9.65. The molecule has 0 bridgehead atoms. The molecule has 0 fully saturated rings. The van der Waals surface area contributed by atoms with Crippen LogP contribution in [0.5, 0.6) is 0 Å². The summed E-state index contributed by atoms with van der Waals surface area (Å²) >= 11 is 0. The second-order valence-electron chi connectivity index (χ2n) is 11.4. The lowest BCUT2D eigenvalue weighted by Crippen LogP contribution is -2.46. The molecular weight excluding hydrogens is 377 g/mol.